The van der Waals surface area contributed by atoms with Gasteiger partial charge in [0, 0.05) is 50.3 Å². The molecule has 2 amide bonds. The number of rotatable bonds is 11. The minimum atomic E-state index is -0.496. The second-order valence-corrected chi connectivity index (χ2v) is 13.2. The molecule has 0 aromatic heterocycles. The highest BCUT2D eigenvalue weighted by Crippen LogP contribution is 2.61. The van der Waals surface area contributed by atoms with Gasteiger partial charge in [0.15, 0.2) is 5.78 Å². The Morgan fingerprint density at radius 2 is 1.52 bits per heavy atom. The van der Waals surface area contributed by atoms with Gasteiger partial charge < -0.3 is 20.1 Å². The van der Waals surface area contributed by atoms with Gasteiger partial charge in [0.2, 0.25) is 11.8 Å². The Balaban J connectivity index is 0.936. The molecule has 4 bridgehead atoms. The standard InChI is InChI=1S/C34H43N3O5/c38-22-30(39)28-7-5-24(6-8-28)23-42-31-4-2-1-3-29(31)21-36-9-11-37(12-10-36)33(41)20-35-32(40)19-34-16-25-13-26(17-34)15-27(14-25)18-34/h1-8,25-27,38H,9-23H2,(H,35,40). The summed E-state index contributed by atoms with van der Waals surface area (Å²) in [5, 5.41) is 12.0. The number of amides is 2. The van der Waals surface area contributed by atoms with Gasteiger partial charge in [-0.2, -0.15) is 0 Å². The Kier molecular flexibility index (Phi) is 8.63. The van der Waals surface area contributed by atoms with Crippen molar-refractivity contribution < 1.29 is 24.2 Å². The molecule has 0 spiro atoms. The predicted molar refractivity (Wildman–Crippen MR) is 159 cm³/mol. The van der Waals surface area contributed by atoms with Crippen LogP contribution in [-0.4, -0.2) is 71.8 Å². The third kappa shape index (κ3) is 6.70. The topological polar surface area (TPSA) is 99.2 Å². The molecule has 4 aliphatic carbocycles. The number of carbonyl (C=O) groups excluding carboxylic acids is 3. The molecule has 8 heteroatoms. The van der Waals surface area contributed by atoms with Gasteiger partial charge in [-0.3, -0.25) is 19.3 Å². The molecule has 2 aromatic rings. The number of aliphatic hydroxyl groups is 1. The highest BCUT2D eigenvalue weighted by atomic mass is 16.5. The van der Waals surface area contributed by atoms with Crippen LogP contribution < -0.4 is 10.1 Å². The molecule has 0 unspecified atom stereocenters. The van der Waals surface area contributed by atoms with E-state index in [1.807, 2.05) is 35.2 Å². The highest BCUT2D eigenvalue weighted by molar-refractivity contribution is 5.96. The van der Waals surface area contributed by atoms with E-state index in [-0.39, 0.29) is 29.6 Å². The summed E-state index contributed by atoms with van der Waals surface area (Å²) in [6.45, 7) is 3.52. The third-order valence-corrected chi connectivity index (χ3v) is 10.0. The van der Waals surface area contributed by atoms with E-state index in [9.17, 15) is 14.4 Å². The molecule has 4 saturated carbocycles. The van der Waals surface area contributed by atoms with Crippen LogP contribution in [0, 0.1) is 23.2 Å². The molecular formula is C34H43N3O5. The Hall–Kier alpha value is -3.23. The first-order valence-electron chi connectivity index (χ1n) is 15.6. The number of piperazine rings is 1. The van der Waals surface area contributed by atoms with Crippen LogP contribution in [0.1, 0.15) is 66.4 Å². The quantitative estimate of drug-likeness (QED) is 0.397. The van der Waals surface area contributed by atoms with Gasteiger partial charge in [-0.05, 0) is 73.3 Å². The van der Waals surface area contributed by atoms with Crippen molar-refractivity contribution in [1.82, 2.24) is 15.1 Å². The number of nitrogens with one attached hydrogen (secondary N) is 1. The molecule has 224 valence electrons. The zero-order valence-corrected chi connectivity index (χ0v) is 24.4. The number of ether oxygens (including phenoxy) is 1. The lowest BCUT2D eigenvalue weighted by Crippen LogP contribution is -2.51. The SMILES string of the molecule is O=C(CC12CC3CC(CC(C3)C1)C2)NCC(=O)N1CCN(Cc2ccccc2OCc2ccc(C(=O)CO)cc2)CC1. The Morgan fingerprint density at radius 3 is 2.17 bits per heavy atom. The summed E-state index contributed by atoms with van der Waals surface area (Å²) < 4.78 is 6.13. The largest absolute Gasteiger partial charge is 0.489 e. The van der Waals surface area contributed by atoms with Gasteiger partial charge in [-0.15, -0.1) is 0 Å². The predicted octanol–water partition coefficient (Wildman–Crippen LogP) is 3.81. The first kappa shape index (κ1) is 28.9. The fraction of sp³-hybridized carbons (Fsp3) is 0.559. The maximum Gasteiger partial charge on any atom is 0.242 e. The van der Waals surface area contributed by atoms with Gasteiger partial charge in [-0.1, -0.05) is 42.5 Å². The van der Waals surface area contributed by atoms with Crippen LogP contribution in [0.4, 0.5) is 0 Å². The number of benzene rings is 2. The van der Waals surface area contributed by atoms with Gasteiger partial charge in [0.05, 0.1) is 6.54 Å². The lowest BCUT2D eigenvalue weighted by molar-refractivity contribution is -0.136. The second kappa shape index (κ2) is 12.6. The molecule has 7 rings (SSSR count). The maximum absolute atomic E-state index is 12.9. The molecule has 1 aliphatic heterocycles. The number of para-hydroxylation sites is 1. The highest BCUT2D eigenvalue weighted by Gasteiger charge is 2.51. The number of carbonyl (C=O) groups is 3. The zero-order valence-electron chi connectivity index (χ0n) is 24.4. The maximum atomic E-state index is 12.9. The molecule has 0 radical (unpaired) electrons. The van der Waals surface area contributed by atoms with E-state index >= 15 is 0 Å². The lowest BCUT2D eigenvalue weighted by Gasteiger charge is -2.56. The van der Waals surface area contributed by atoms with E-state index in [1.54, 1.807) is 12.1 Å². The number of hydrogen-bond donors (Lipinski definition) is 2. The first-order valence-corrected chi connectivity index (χ1v) is 15.6. The number of nitrogens with zero attached hydrogens (tertiary/aromatic N) is 2. The van der Waals surface area contributed by atoms with E-state index in [2.05, 4.69) is 16.3 Å². The van der Waals surface area contributed by atoms with Gasteiger partial charge in [-0.25, -0.2) is 0 Å². The molecule has 0 atom stereocenters. The van der Waals surface area contributed by atoms with E-state index in [0.717, 1.165) is 54.3 Å². The van der Waals surface area contributed by atoms with E-state index < -0.39 is 6.61 Å². The number of aliphatic hydroxyl groups excluding tert-OH is 1. The molecule has 8 nitrogen and oxygen atoms in total. The second-order valence-electron chi connectivity index (χ2n) is 13.2. The van der Waals surface area contributed by atoms with Crippen molar-refractivity contribution in [2.45, 2.75) is 58.1 Å². The average molecular weight is 574 g/mol. The molecule has 1 saturated heterocycles. The van der Waals surface area contributed by atoms with Crippen LogP contribution >= 0.6 is 0 Å². The summed E-state index contributed by atoms with van der Waals surface area (Å²) in [5.41, 5.74) is 2.70. The number of ketones is 1. The number of Topliss-reactive ketones (excluding diaryl/α,β-unsaturated/α-hetero) is 1. The van der Waals surface area contributed by atoms with E-state index in [4.69, 9.17) is 9.84 Å². The van der Waals surface area contributed by atoms with Crippen LogP contribution in [0.5, 0.6) is 5.75 Å². The molecule has 5 aliphatic rings. The molecule has 5 fully saturated rings. The van der Waals surface area contributed by atoms with Crippen molar-refractivity contribution >= 4 is 17.6 Å². The molecule has 2 aromatic carbocycles. The van der Waals surface area contributed by atoms with Gasteiger partial charge in [0.1, 0.15) is 19.0 Å². The normalized spacial score (nSPS) is 26.7. The van der Waals surface area contributed by atoms with Crippen LogP contribution in [0.2, 0.25) is 0 Å². The van der Waals surface area contributed by atoms with Gasteiger partial charge in [0.25, 0.3) is 0 Å². The average Bonchev–Trinajstić information content (AvgIpc) is 2.99. The Morgan fingerprint density at radius 1 is 0.881 bits per heavy atom. The summed E-state index contributed by atoms with van der Waals surface area (Å²) in [6.07, 6.45) is 8.32. The van der Waals surface area contributed by atoms with Crippen molar-refractivity contribution in [3.05, 3.63) is 65.2 Å². The molecule has 42 heavy (non-hydrogen) atoms. The van der Waals surface area contributed by atoms with Crippen molar-refractivity contribution in [3.63, 3.8) is 0 Å². The third-order valence-electron chi connectivity index (χ3n) is 10.0. The van der Waals surface area contributed by atoms with Crippen molar-refractivity contribution in [2.75, 3.05) is 39.3 Å². The van der Waals surface area contributed by atoms with Crippen LogP contribution in [0.3, 0.4) is 0 Å². The molecular weight excluding hydrogens is 530 g/mol. The molecule has 1 heterocycles. The zero-order chi connectivity index (χ0) is 29.1. The van der Waals surface area contributed by atoms with Crippen molar-refractivity contribution in [3.8, 4) is 5.75 Å². The first-order chi connectivity index (χ1) is 20.4. The Labute approximate surface area is 248 Å². The minimum Gasteiger partial charge on any atom is -0.489 e. The monoisotopic (exact) mass is 573 g/mol. The van der Waals surface area contributed by atoms with Crippen molar-refractivity contribution in [2.24, 2.45) is 23.2 Å². The minimum absolute atomic E-state index is 0.00366. The van der Waals surface area contributed by atoms with Gasteiger partial charge >= 0.3 is 0 Å². The van der Waals surface area contributed by atoms with E-state index in [1.165, 1.54) is 38.5 Å². The summed E-state index contributed by atoms with van der Waals surface area (Å²) >= 11 is 0. The van der Waals surface area contributed by atoms with Crippen LogP contribution in [-0.2, 0) is 22.7 Å². The Bertz CT molecular complexity index is 1250. The summed E-state index contributed by atoms with van der Waals surface area (Å²) in [6, 6.07) is 15.1. The van der Waals surface area contributed by atoms with Crippen molar-refractivity contribution in [1.29, 1.82) is 0 Å². The van der Waals surface area contributed by atoms with Crippen LogP contribution in [0.15, 0.2) is 48.5 Å². The summed E-state index contributed by atoms with van der Waals surface area (Å²) in [7, 11) is 0. The lowest BCUT2D eigenvalue weighted by atomic mass is 9.49. The summed E-state index contributed by atoms with van der Waals surface area (Å²) in [4.78, 5) is 41.6. The molecule has 2 N–H and O–H groups in total. The van der Waals surface area contributed by atoms with E-state index in [0.29, 0.717) is 31.7 Å². The smallest absolute Gasteiger partial charge is 0.242 e. The number of hydrogen-bond acceptors (Lipinski definition) is 6. The fourth-order valence-corrected chi connectivity index (χ4v) is 8.41. The fourth-order valence-electron chi connectivity index (χ4n) is 8.41. The summed E-state index contributed by atoms with van der Waals surface area (Å²) in [5.74, 6) is 3.04. The van der Waals surface area contributed by atoms with Crippen LogP contribution in [0.25, 0.3) is 0 Å².